The van der Waals surface area contributed by atoms with Crippen LogP contribution in [0.4, 0.5) is 10.7 Å². The Balaban J connectivity index is 2.14. The monoisotopic (exact) mass is 329 g/mol. The van der Waals surface area contributed by atoms with Crippen LogP contribution in [0.25, 0.3) is 0 Å². The maximum atomic E-state index is 12.4. The summed E-state index contributed by atoms with van der Waals surface area (Å²) in [5.41, 5.74) is 1.35. The predicted molar refractivity (Wildman–Crippen MR) is 92.6 cm³/mol. The van der Waals surface area contributed by atoms with Gasteiger partial charge in [-0.2, -0.15) is 5.26 Å². The molecule has 1 aromatic carbocycles. The molecule has 1 aromatic heterocycles. The van der Waals surface area contributed by atoms with Crippen LogP contribution in [0, 0.1) is 11.3 Å². The summed E-state index contributed by atoms with van der Waals surface area (Å²) in [7, 11) is 0. The number of anilines is 2. The molecule has 2 rings (SSSR count). The molecule has 1 unspecified atom stereocenters. The lowest BCUT2D eigenvalue weighted by molar-refractivity contribution is -0.115. The zero-order valence-corrected chi connectivity index (χ0v) is 13.7. The molecule has 0 spiro atoms. The first-order chi connectivity index (χ1) is 11.2. The van der Waals surface area contributed by atoms with Gasteiger partial charge in [0.15, 0.2) is 0 Å². The van der Waals surface area contributed by atoms with Crippen molar-refractivity contribution in [2.45, 2.75) is 19.4 Å². The molecule has 0 bridgehead atoms. The second-order valence-electron chi connectivity index (χ2n) is 5.03. The minimum Gasteiger partial charge on any atom is -0.394 e. The number of hydrogen-bond donors (Lipinski definition) is 2. The minimum absolute atomic E-state index is 0.0267. The third kappa shape index (κ3) is 4.31. The molecule has 1 heterocycles. The third-order valence-electron chi connectivity index (χ3n) is 3.56. The SMILES string of the molecule is CCC(CO)N(CC(=O)Nc1sccc1C#N)c1ccccc1. The summed E-state index contributed by atoms with van der Waals surface area (Å²) in [6.07, 6.45) is 0.723. The van der Waals surface area contributed by atoms with Crippen LogP contribution >= 0.6 is 11.3 Å². The van der Waals surface area contributed by atoms with Gasteiger partial charge in [0.2, 0.25) is 5.91 Å². The predicted octanol–water partition coefficient (Wildman–Crippen LogP) is 2.84. The number of benzene rings is 1. The lowest BCUT2D eigenvalue weighted by Crippen LogP contribution is -2.42. The fourth-order valence-electron chi connectivity index (χ4n) is 2.31. The second-order valence-corrected chi connectivity index (χ2v) is 5.95. The van der Waals surface area contributed by atoms with Gasteiger partial charge in [0.05, 0.1) is 24.8 Å². The molecule has 0 fully saturated rings. The van der Waals surface area contributed by atoms with Gasteiger partial charge in [-0.15, -0.1) is 11.3 Å². The number of aliphatic hydroxyl groups is 1. The van der Waals surface area contributed by atoms with Crippen LogP contribution in [0.1, 0.15) is 18.9 Å². The molecule has 1 amide bonds. The van der Waals surface area contributed by atoms with E-state index in [1.807, 2.05) is 42.2 Å². The van der Waals surface area contributed by atoms with Gasteiger partial charge in [-0.05, 0) is 30.0 Å². The average Bonchev–Trinajstić information content (AvgIpc) is 3.02. The largest absolute Gasteiger partial charge is 0.394 e. The first-order valence-electron chi connectivity index (χ1n) is 7.39. The van der Waals surface area contributed by atoms with E-state index >= 15 is 0 Å². The summed E-state index contributed by atoms with van der Waals surface area (Å²) in [4.78, 5) is 14.2. The van der Waals surface area contributed by atoms with E-state index < -0.39 is 0 Å². The van der Waals surface area contributed by atoms with E-state index in [2.05, 4.69) is 11.4 Å². The summed E-state index contributed by atoms with van der Waals surface area (Å²) < 4.78 is 0. The fraction of sp³-hybridized carbons (Fsp3) is 0.294. The molecule has 0 radical (unpaired) electrons. The van der Waals surface area contributed by atoms with Crippen molar-refractivity contribution in [2.75, 3.05) is 23.4 Å². The van der Waals surface area contributed by atoms with Gasteiger partial charge in [-0.1, -0.05) is 25.1 Å². The topological polar surface area (TPSA) is 76.4 Å². The van der Waals surface area contributed by atoms with Crippen molar-refractivity contribution < 1.29 is 9.90 Å². The summed E-state index contributed by atoms with van der Waals surface area (Å²) >= 11 is 1.32. The van der Waals surface area contributed by atoms with Crippen molar-refractivity contribution in [1.82, 2.24) is 0 Å². The zero-order chi connectivity index (χ0) is 16.7. The standard InChI is InChI=1S/C17H19N3O2S/c1-2-14(12-21)20(15-6-4-3-5-7-15)11-16(22)19-17-13(10-18)8-9-23-17/h3-9,14,21H,2,11-12H2,1H3,(H,19,22). The van der Waals surface area contributed by atoms with Gasteiger partial charge in [-0.3, -0.25) is 4.79 Å². The second kappa shape index (κ2) is 8.32. The van der Waals surface area contributed by atoms with Crippen LogP contribution in [-0.4, -0.2) is 30.2 Å². The number of nitrogens with one attached hydrogen (secondary N) is 1. The number of rotatable bonds is 7. The maximum absolute atomic E-state index is 12.4. The van der Waals surface area contributed by atoms with Crippen molar-refractivity contribution >= 4 is 27.9 Å². The van der Waals surface area contributed by atoms with E-state index in [0.29, 0.717) is 10.6 Å². The molecule has 2 N–H and O–H groups in total. The summed E-state index contributed by atoms with van der Waals surface area (Å²) in [5, 5.41) is 23.7. The highest BCUT2D eigenvalue weighted by molar-refractivity contribution is 7.14. The quantitative estimate of drug-likeness (QED) is 0.819. The zero-order valence-electron chi connectivity index (χ0n) is 12.9. The van der Waals surface area contributed by atoms with Gasteiger partial charge in [-0.25, -0.2) is 0 Å². The van der Waals surface area contributed by atoms with Gasteiger partial charge in [0, 0.05) is 5.69 Å². The number of aliphatic hydroxyl groups excluding tert-OH is 1. The molecular weight excluding hydrogens is 310 g/mol. The number of amides is 1. The van der Waals surface area contributed by atoms with E-state index in [9.17, 15) is 9.90 Å². The number of nitrogens with zero attached hydrogens (tertiary/aromatic N) is 2. The number of thiophene rings is 1. The number of carbonyl (C=O) groups is 1. The number of carbonyl (C=O) groups excluding carboxylic acids is 1. The Bertz CT molecular complexity index is 675. The van der Waals surface area contributed by atoms with Crippen LogP contribution in [0.15, 0.2) is 41.8 Å². The smallest absolute Gasteiger partial charge is 0.244 e. The highest BCUT2D eigenvalue weighted by Crippen LogP contribution is 2.23. The molecule has 0 aliphatic carbocycles. The van der Waals surface area contributed by atoms with Gasteiger partial charge in [0.25, 0.3) is 0 Å². The Labute approximate surface area is 139 Å². The molecule has 120 valence electrons. The summed E-state index contributed by atoms with van der Waals surface area (Å²) in [6.45, 7) is 2.06. The van der Waals surface area contributed by atoms with E-state index in [1.165, 1.54) is 11.3 Å². The van der Waals surface area contributed by atoms with Crippen LogP contribution in [0.3, 0.4) is 0 Å². The Hall–Kier alpha value is -2.36. The van der Waals surface area contributed by atoms with Crippen molar-refractivity contribution in [1.29, 1.82) is 5.26 Å². The first-order valence-corrected chi connectivity index (χ1v) is 8.27. The molecule has 0 saturated heterocycles. The van der Waals surface area contributed by atoms with Gasteiger partial charge >= 0.3 is 0 Å². The van der Waals surface area contributed by atoms with E-state index in [4.69, 9.17) is 5.26 Å². The van der Waals surface area contributed by atoms with Gasteiger partial charge < -0.3 is 15.3 Å². The van der Waals surface area contributed by atoms with E-state index in [-0.39, 0.29) is 25.1 Å². The molecule has 5 nitrogen and oxygen atoms in total. The molecule has 23 heavy (non-hydrogen) atoms. The molecule has 2 aromatic rings. The van der Waals surface area contributed by atoms with Crippen LogP contribution in [0.2, 0.25) is 0 Å². The highest BCUT2D eigenvalue weighted by atomic mass is 32.1. The van der Waals surface area contributed by atoms with Crippen LogP contribution in [0.5, 0.6) is 0 Å². The van der Waals surface area contributed by atoms with Crippen LogP contribution < -0.4 is 10.2 Å². The lowest BCUT2D eigenvalue weighted by Gasteiger charge is -2.31. The maximum Gasteiger partial charge on any atom is 0.244 e. The highest BCUT2D eigenvalue weighted by Gasteiger charge is 2.20. The number of nitriles is 1. The molecule has 6 heteroatoms. The van der Waals surface area contributed by atoms with Crippen molar-refractivity contribution in [3.05, 3.63) is 47.3 Å². The average molecular weight is 329 g/mol. The Morgan fingerprint density at radius 1 is 1.39 bits per heavy atom. The number of hydrogen-bond acceptors (Lipinski definition) is 5. The van der Waals surface area contributed by atoms with Crippen molar-refractivity contribution in [2.24, 2.45) is 0 Å². The Kier molecular flexibility index (Phi) is 6.15. The van der Waals surface area contributed by atoms with E-state index in [1.54, 1.807) is 11.4 Å². The van der Waals surface area contributed by atoms with E-state index in [0.717, 1.165) is 12.1 Å². The Morgan fingerprint density at radius 3 is 2.74 bits per heavy atom. The third-order valence-corrected chi connectivity index (χ3v) is 4.39. The van der Waals surface area contributed by atoms with Crippen LogP contribution in [-0.2, 0) is 4.79 Å². The first kappa shape index (κ1) is 17.0. The van der Waals surface area contributed by atoms with Crippen molar-refractivity contribution in [3.63, 3.8) is 0 Å². The number of para-hydroxylation sites is 1. The molecule has 0 aliphatic heterocycles. The molecular formula is C17H19N3O2S. The molecule has 0 aliphatic rings. The fourth-order valence-corrected chi connectivity index (χ4v) is 3.07. The van der Waals surface area contributed by atoms with Crippen molar-refractivity contribution in [3.8, 4) is 6.07 Å². The molecule has 0 saturated carbocycles. The summed E-state index contributed by atoms with van der Waals surface area (Å²) in [5.74, 6) is -0.209. The Morgan fingerprint density at radius 2 is 2.13 bits per heavy atom. The minimum atomic E-state index is -0.209. The van der Waals surface area contributed by atoms with Gasteiger partial charge in [0.1, 0.15) is 11.1 Å². The normalized spacial score (nSPS) is 11.5. The summed E-state index contributed by atoms with van der Waals surface area (Å²) in [6, 6.07) is 13.1. The molecule has 1 atom stereocenters. The lowest BCUT2D eigenvalue weighted by atomic mass is 10.1.